The van der Waals surface area contributed by atoms with Gasteiger partial charge in [0.25, 0.3) is 0 Å². The first-order valence-electron chi connectivity index (χ1n) is 6.22. The highest BCUT2D eigenvalue weighted by Crippen LogP contribution is 2.36. The molecule has 0 radical (unpaired) electrons. The lowest BCUT2D eigenvalue weighted by Gasteiger charge is -2.20. The van der Waals surface area contributed by atoms with E-state index in [0.29, 0.717) is 5.92 Å². The van der Waals surface area contributed by atoms with E-state index in [4.69, 9.17) is 10.5 Å². The summed E-state index contributed by atoms with van der Waals surface area (Å²) < 4.78 is 5.26. The van der Waals surface area contributed by atoms with Crippen molar-refractivity contribution in [2.24, 2.45) is 5.73 Å². The molecule has 1 unspecified atom stereocenters. The summed E-state index contributed by atoms with van der Waals surface area (Å²) in [5.41, 5.74) is 9.84. The number of hydrogen-bond acceptors (Lipinski definition) is 2. The minimum atomic E-state index is 0.497. The van der Waals surface area contributed by atoms with Crippen LogP contribution < -0.4 is 10.5 Å². The quantitative estimate of drug-likeness (QED) is 0.833. The van der Waals surface area contributed by atoms with Crippen LogP contribution in [0, 0.1) is 0 Å². The Bertz CT molecular complexity index is 544. The summed E-state index contributed by atoms with van der Waals surface area (Å²) in [4.78, 5) is 3.53. The normalized spacial score (nSPS) is 19.3. The van der Waals surface area contributed by atoms with E-state index in [1.165, 1.54) is 35.0 Å². The molecule has 1 atom stereocenters. The molecule has 1 aromatic carbocycles. The molecule has 0 spiro atoms. The second-order valence-corrected chi connectivity index (χ2v) is 4.75. The van der Waals surface area contributed by atoms with Gasteiger partial charge in [0.1, 0.15) is 5.75 Å². The van der Waals surface area contributed by atoms with Crippen molar-refractivity contribution in [3.05, 3.63) is 29.5 Å². The second kappa shape index (κ2) is 4.08. The van der Waals surface area contributed by atoms with Crippen molar-refractivity contribution in [1.82, 2.24) is 4.98 Å². The van der Waals surface area contributed by atoms with Crippen molar-refractivity contribution in [2.75, 3.05) is 13.7 Å². The third-order valence-electron chi connectivity index (χ3n) is 3.82. The SMILES string of the molecule is COc1ccc2c3c([nH]c2c1)C(CN)CCC3. The average Bonchev–Trinajstić information content (AvgIpc) is 2.75. The van der Waals surface area contributed by atoms with Crippen molar-refractivity contribution >= 4 is 10.9 Å². The summed E-state index contributed by atoms with van der Waals surface area (Å²) in [5, 5.41) is 1.33. The van der Waals surface area contributed by atoms with Gasteiger partial charge in [0, 0.05) is 35.1 Å². The molecule has 1 aliphatic rings. The van der Waals surface area contributed by atoms with Crippen LogP contribution in [-0.2, 0) is 6.42 Å². The summed E-state index contributed by atoms with van der Waals surface area (Å²) in [7, 11) is 1.70. The predicted octanol–water partition coefficient (Wildman–Crippen LogP) is 2.56. The molecule has 3 rings (SSSR count). The zero-order valence-electron chi connectivity index (χ0n) is 10.1. The summed E-state index contributed by atoms with van der Waals surface area (Å²) >= 11 is 0. The molecule has 0 bridgehead atoms. The lowest BCUT2D eigenvalue weighted by molar-refractivity contribution is 0.415. The molecule has 1 aromatic heterocycles. The van der Waals surface area contributed by atoms with Crippen molar-refractivity contribution < 1.29 is 4.74 Å². The molecule has 0 fully saturated rings. The van der Waals surface area contributed by atoms with Gasteiger partial charge in [0.15, 0.2) is 0 Å². The monoisotopic (exact) mass is 230 g/mol. The molecule has 0 aliphatic heterocycles. The number of methoxy groups -OCH3 is 1. The molecule has 1 aliphatic carbocycles. The van der Waals surface area contributed by atoms with E-state index in [0.717, 1.165) is 18.7 Å². The van der Waals surface area contributed by atoms with Crippen LogP contribution in [0.25, 0.3) is 10.9 Å². The summed E-state index contributed by atoms with van der Waals surface area (Å²) in [6.45, 7) is 0.733. The third kappa shape index (κ3) is 1.62. The Morgan fingerprint density at radius 1 is 1.47 bits per heavy atom. The molecule has 3 nitrogen and oxygen atoms in total. The second-order valence-electron chi connectivity index (χ2n) is 4.75. The predicted molar refractivity (Wildman–Crippen MR) is 69.6 cm³/mol. The number of hydrogen-bond donors (Lipinski definition) is 2. The molecular weight excluding hydrogens is 212 g/mol. The lowest BCUT2D eigenvalue weighted by Crippen LogP contribution is -2.17. The molecule has 17 heavy (non-hydrogen) atoms. The summed E-state index contributed by atoms with van der Waals surface area (Å²) in [5.74, 6) is 1.40. The van der Waals surface area contributed by atoms with E-state index < -0.39 is 0 Å². The zero-order valence-corrected chi connectivity index (χ0v) is 10.1. The Hall–Kier alpha value is -1.48. The van der Waals surface area contributed by atoms with Crippen LogP contribution in [0.5, 0.6) is 5.75 Å². The van der Waals surface area contributed by atoms with Crippen LogP contribution in [-0.4, -0.2) is 18.6 Å². The molecule has 0 amide bonds. The minimum Gasteiger partial charge on any atom is -0.497 e. The molecular formula is C14H18N2O. The van der Waals surface area contributed by atoms with Crippen molar-refractivity contribution in [3.8, 4) is 5.75 Å². The van der Waals surface area contributed by atoms with Gasteiger partial charge in [-0.1, -0.05) is 0 Å². The maximum atomic E-state index is 5.85. The van der Waals surface area contributed by atoms with Crippen molar-refractivity contribution in [1.29, 1.82) is 0 Å². The highest BCUT2D eigenvalue weighted by atomic mass is 16.5. The molecule has 3 N–H and O–H groups in total. The first-order chi connectivity index (χ1) is 8.33. The van der Waals surface area contributed by atoms with Gasteiger partial charge in [-0.05, 0) is 37.0 Å². The Morgan fingerprint density at radius 3 is 3.12 bits per heavy atom. The first-order valence-corrected chi connectivity index (χ1v) is 6.22. The maximum absolute atomic E-state index is 5.85. The number of rotatable bonds is 2. The van der Waals surface area contributed by atoms with Crippen molar-refractivity contribution in [2.45, 2.75) is 25.2 Å². The smallest absolute Gasteiger partial charge is 0.120 e. The molecule has 0 saturated carbocycles. The van der Waals surface area contributed by atoms with Gasteiger partial charge in [0.05, 0.1) is 7.11 Å². The van der Waals surface area contributed by atoms with Gasteiger partial charge < -0.3 is 15.5 Å². The van der Waals surface area contributed by atoms with Crippen LogP contribution in [0.15, 0.2) is 18.2 Å². The van der Waals surface area contributed by atoms with Gasteiger partial charge in [-0.25, -0.2) is 0 Å². The van der Waals surface area contributed by atoms with Crippen LogP contribution >= 0.6 is 0 Å². The number of nitrogens with two attached hydrogens (primary N) is 1. The zero-order chi connectivity index (χ0) is 11.8. The van der Waals surface area contributed by atoms with Gasteiger partial charge in [-0.15, -0.1) is 0 Å². The van der Waals surface area contributed by atoms with Crippen LogP contribution in [0.4, 0.5) is 0 Å². The van der Waals surface area contributed by atoms with Gasteiger partial charge in [0.2, 0.25) is 0 Å². The number of aromatic nitrogens is 1. The van der Waals surface area contributed by atoms with E-state index in [1.807, 2.05) is 6.07 Å². The topological polar surface area (TPSA) is 51.0 Å². The lowest BCUT2D eigenvalue weighted by atomic mass is 9.87. The van der Waals surface area contributed by atoms with E-state index in [9.17, 15) is 0 Å². The molecule has 2 aromatic rings. The Balaban J connectivity index is 2.18. The average molecular weight is 230 g/mol. The number of benzene rings is 1. The number of aryl methyl sites for hydroxylation is 1. The van der Waals surface area contributed by atoms with Crippen LogP contribution in [0.1, 0.15) is 30.0 Å². The Morgan fingerprint density at radius 2 is 2.35 bits per heavy atom. The van der Waals surface area contributed by atoms with E-state index in [2.05, 4.69) is 17.1 Å². The fourth-order valence-electron chi connectivity index (χ4n) is 2.91. The molecule has 90 valence electrons. The summed E-state index contributed by atoms with van der Waals surface area (Å²) in [6, 6.07) is 6.26. The van der Waals surface area contributed by atoms with Gasteiger partial charge >= 0.3 is 0 Å². The van der Waals surface area contributed by atoms with Crippen LogP contribution in [0.3, 0.4) is 0 Å². The maximum Gasteiger partial charge on any atom is 0.120 e. The largest absolute Gasteiger partial charge is 0.497 e. The first kappa shape index (κ1) is 10.7. The van der Waals surface area contributed by atoms with E-state index in [-0.39, 0.29) is 0 Å². The van der Waals surface area contributed by atoms with Gasteiger partial charge in [-0.3, -0.25) is 0 Å². The Kier molecular flexibility index (Phi) is 2.56. The fraction of sp³-hybridized carbons (Fsp3) is 0.429. The third-order valence-corrected chi connectivity index (χ3v) is 3.82. The van der Waals surface area contributed by atoms with E-state index >= 15 is 0 Å². The highest BCUT2D eigenvalue weighted by Gasteiger charge is 2.23. The highest BCUT2D eigenvalue weighted by molar-refractivity contribution is 5.86. The molecule has 3 heteroatoms. The number of ether oxygens (including phenoxy) is 1. The minimum absolute atomic E-state index is 0.497. The van der Waals surface area contributed by atoms with E-state index in [1.54, 1.807) is 7.11 Å². The fourth-order valence-corrected chi connectivity index (χ4v) is 2.91. The number of aromatic amines is 1. The Labute approximate surface area is 101 Å². The van der Waals surface area contributed by atoms with Gasteiger partial charge in [-0.2, -0.15) is 0 Å². The summed E-state index contributed by atoms with van der Waals surface area (Å²) in [6.07, 6.45) is 3.61. The molecule has 1 heterocycles. The van der Waals surface area contributed by atoms with Crippen LogP contribution in [0.2, 0.25) is 0 Å². The number of fused-ring (bicyclic) bond motifs is 3. The standard InChI is InChI=1S/C14H18N2O/c1-17-10-5-6-11-12-4-2-3-9(8-15)14(12)16-13(11)7-10/h5-7,9,16H,2-4,8,15H2,1H3. The number of H-pyrrole nitrogens is 1. The number of nitrogens with one attached hydrogen (secondary N) is 1. The van der Waals surface area contributed by atoms with Crippen molar-refractivity contribution in [3.63, 3.8) is 0 Å². The molecule has 0 saturated heterocycles.